The first-order valence-corrected chi connectivity index (χ1v) is 11.9. The third-order valence-electron chi connectivity index (χ3n) is 6.45. The normalized spacial score (nSPS) is 23.4. The molecule has 5 nitrogen and oxygen atoms in total. The van der Waals surface area contributed by atoms with Gasteiger partial charge in [0, 0.05) is 18.0 Å². The molecule has 2 aromatic carbocycles. The van der Waals surface area contributed by atoms with Crippen LogP contribution in [0.1, 0.15) is 36.0 Å². The smallest absolute Gasteiger partial charge is 0.374 e. The van der Waals surface area contributed by atoms with Crippen LogP contribution in [0, 0.1) is 0 Å². The van der Waals surface area contributed by atoms with Crippen LogP contribution in [0.25, 0.3) is 0 Å². The highest BCUT2D eigenvalue weighted by Gasteiger charge is 2.62. The number of carbonyl (C=O) groups is 1. The van der Waals surface area contributed by atoms with Gasteiger partial charge in [-0.1, -0.05) is 64.2 Å². The molecular formula is C23H18Cl3F4N3O2. The van der Waals surface area contributed by atoms with E-state index in [1.807, 2.05) is 0 Å². The Bertz CT molecular complexity index is 1190. The molecule has 12 heteroatoms. The van der Waals surface area contributed by atoms with E-state index in [1.165, 1.54) is 29.2 Å². The minimum Gasteiger partial charge on any atom is -0.374 e. The van der Waals surface area contributed by atoms with Crippen LogP contribution < -0.4 is 5.32 Å². The van der Waals surface area contributed by atoms with Gasteiger partial charge in [-0.25, -0.2) is 9.18 Å². The van der Waals surface area contributed by atoms with Crippen LogP contribution in [0.2, 0.25) is 15.1 Å². The zero-order valence-electron chi connectivity index (χ0n) is 17.9. The van der Waals surface area contributed by atoms with E-state index < -0.39 is 23.9 Å². The molecule has 35 heavy (non-hydrogen) atoms. The predicted molar refractivity (Wildman–Crippen MR) is 124 cm³/mol. The van der Waals surface area contributed by atoms with E-state index in [0.29, 0.717) is 11.1 Å². The summed E-state index contributed by atoms with van der Waals surface area (Å²) in [5.41, 5.74) is -4.15. The number of benzene rings is 2. The summed E-state index contributed by atoms with van der Waals surface area (Å²) in [5.74, 6) is 0. The lowest BCUT2D eigenvalue weighted by Crippen LogP contribution is -2.61. The Labute approximate surface area is 212 Å². The van der Waals surface area contributed by atoms with Crippen molar-refractivity contribution in [3.8, 4) is 0 Å². The van der Waals surface area contributed by atoms with Gasteiger partial charge in [0.05, 0.1) is 33.9 Å². The molecule has 5 rings (SSSR count). The summed E-state index contributed by atoms with van der Waals surface area (Å²) >= 11 is 17.8. The van der Waals surface area contributed by atoms with E-state index in [1.54, 1.807) is 0 Å². The third kappa shape index (κ3) is 4.32. The fraction of sp³-hybridized carbons (Fsp3) is 0.391. The molecule has 3 aliphatic rings. The van der Waals surface area contributed by atoms with Gasteiger partial charge >= 0.3 is 12.2 Å². The number of halogens is 7. The number of amides is 2. The van der Waals surface area contributed by atoms with Crippen LogP contribution in [0.3, 0.4) is 0 Å². The summed E-state index contributed by atoms with van der Waals surface area (Å²) in [4.78, 5) is 18.4. The second kappa shape index (κ2) is 8.42. The van der Waals surface area contributed by atoms with Gasteiger partial charge in [0.1, 0.15) is 0 Å². The van der Waals surface area contributed by atoms with Gasteiger partial charge in [0.15, 0.2) is 5.67 Å². The number of urea groups is 1. The number of oxime groups is 1. The summed E-state index contributed by atoms with van der Waals surface area (Å²) in [6.07, 6.45) is -3.62. The summed E-state index contributed by atoms with van der Waals surface area (Å²) in [7, 11) is 0. The lowest BCUT2D eigenvalue weighted by atomic mass is 9.85. The Morgan fingerprint density at radius 3 is 2.20 bits per heavy atom. The van der Waals surface area contributed by atoms with Crippen molar-refractivity contribution in [2.75, 3.05) is 13.1 Å². The molecule has 1 N–H and O–H groups in total. The van der Waals surface area contributed by atoms with E-state index in [9.17, 15) is 18.0 Å². The molecule has 2 fully saturated rings. The molecule has 0 radical (unpaired) electrons. The van der Waals surface area contributed by atoms with Crippen LogP contribution in [0.15, 0.2) is 41.6 Å². The van der Waals surface area contributed by atoms with Gasteiger partial charge < -0.3 is 15.1 Å². The van der Waals surface area contributed by atoms with Crippen LogP contribution >= 0.6 is 34.8 Å². The number of carbonyl (C=O) groups excluding carboxylic acids is 1. The van der Waals surface area contributed by atoms with Gasteiger partial charge in [-0.3, -0.25) is 0 Å². The van der Waals surface area contributed by atoms with Crippen LogP contribution in [0.4, 0.5) is 22.4 Å². The maximum absolute atomic E-state index is 15.3. The summed E-state index contributed by atoms with van der Waals surface area (Å²) in [6.45, 7) is -0.186. The first-order valence-electron chi connectivity index (χ1n) is 10.7. The average Bonchev–Trinajstić information content (AvgIpc) is 3.47. The first-order chi connectivity index (χ1) is 16.4. The van der Waals surface area contributed by atoms with Crippen molar-refractivity contribution in [3.05, 3.63) is 68.2 Å². The topological polar surface area (TPSA) is 53.9 Å². The maximum Gasteiger partial charge on any atom is 0.435 e. The molecule has 2 aliphatic heterocycles. The van der Waals surface area contributed by atoms with Crippen LogP contribution in [-0.4, -0.2) is 42.0 Å². The molecular weight excluding hydrogens is 533 g/mol. The number of rotatable bonds is 4. The number of likely N-dealkylation sites (tertiary alicyclic amines) is 1. The molecule has 186 valence electrons. The van der Waals surface area contributed by atoms with Crippen molar-refractivity contribution in [2.45, 2.75) is 42.8 Å². The number of hydrogen-bond acceptors (Lipinski definition) is 3. The van der Waals surface area contributed by atoms with Crippen molar-refractivity contribution in [1.29, 1.82) is 0 Å². The van der Waals surface area contributed by atoms with Gasteiger partial charge in [-0.15, -0.1) is 0 Å². The van der Waals surface area contributed by atoms with Gasteiger partial charge in [-0.2, -0.15) is 13.2 Å². The molecule has 1 atom stereocenters. The quantitative estimate of drug-likeness (QED) is 0.345. The zero-order valence-corrected chi connectivity index (χ0v) is 20.2. The fourth-order valence-electron chi connectivity index (χ4n) is 4.19. The number of alkyl halides is 4. The number of nitrogens with zero attached hydrogens (tertiary/aromatic N) is 2. The second-order valence-electron chi connectivity index (χ2n) is 9.01. The monoisotopic (exact) mass is 549 g/mol. The second-order valence-corrected chi connectivity index (χ2v) is 10.2. The van der Waals surface area contributed by atoms with Crippen molar-refractivity contribution in [1.82, 2.24) is 10.2 Å². The van der Waals surface area contributed by atoms with E-state index in [4.69, 9.17) is 39.6 Å². The molecule has 1 saturated carbocycles. The predicted octanol–water partition coefficient (Wildman–Crippen LogP) is 6.58. The van der Waals surface area contributed by atoms with Gasteiger partial charge in [0.2, 0.25) is 0 Å². The summed E-state index contributed by atoms with van der Waals surface area (Å²) in [5, 5.41) is 6.15. The fourth-order valence-corrected chi connectivity index (χ4v) is 4.78. The van der Waals surface area contributed by atoms with Crippen LogP contribution in [-0.2, 0) is 16.1 Å². The highest BCUT2D eigenvalue weighted by atomic mass is 35.5. The molecule has 1 saturated heterocycles. The Kier molecular flexibility index (Phi) is 5.89. The molecule has 0 spiro atoms. The highest BCUT2D eigenvalue weighted by Crippen LogP contribution is 2.50. The third-order valence-corrected chi connectivity index (χ3v) is 7.64. The largest absolute Gasteiger partial charge is 0.435 e. The molecule has 1 aliphatic carbocycles. The molecule has 2 aromatic rings. The number of hydrogen-bond donors (Lipinski definition) is 1. The molecule has 2 amide bonds. The SMILES string of the molecule is O=C(NC1CC1)N1CC(F)(c2ccc(C3=NOC(c4cc(Cl)c(Cl)c(Cl)c4)(C(F)(F)F)C3)cc2)C1. The van der Waals surface area contributed by atoms with Crippen molar-refractivity contribution < 1.29 is 27.2 Å². The van der Waals surface area contributed by atoms with Crippen molar-refractivity contribution in [3.63, 3.8) is 0 Å². The van der Waals surface area contributed by atoms with Gasteiger partial charge in [-0.05, 0) is 36.1 Å². The Morgan fingerprint density at radius 1 is 1.06 bits per heavy atom. The Balaban J connectivity index is 1.33. The van der Waals surface area contributed by atoms with E-state index in [0.717, 1.165) is 25.0 Å². The van der Waals surface area contributed by atoms with E-state index in [-0.39, 0.29) is 51.5 Å². The van der Waals surface area contributed by atoms with Crippen molar-refractivity contribution >= 4 is 46.5 Å². The van der Waals surface area contributed by atoms with Crippen molar-refractivity contribution in [2.24, 2.45) is 5.16 Å². The highest BCUT2D eigenvalue weighted by molar-refractivity contribution is 6.48. The Hall–Kier alpha value is -2.23. The summed E-state index contributed by atoms with van der Waals surface area (Å²) < 4.78 is 57.9. The first kappa shape index (κ1) is 24.5. The molecule has 2 heterocycles. The average molecular weight is 551 g/mol. The molecule has 0 bridgehead atoms. The lowest BCUT2D eigenvalue weighted by Gasteiger charge is -2.44. The minimum absolute atomic E-state index is 0.0306. The van der Waals surface area contributed by atoms with E-state index >= 15 is 4.39 Å². The molecule has 0 aromatic heterocycles. The molecule has 1 unspecified atom stereocenters. The minimum atomic E-state index is -4.85. The van der Waals surface area contributed by atoms with E-state index in [2.05, 4.69) is 10.5 Å². The van der Waals surface area contributed by atoms with Crippen LogP contribution in [0.5, 0.6) is 0 Å². The summed E-state index contributed by atoms with van der Waals surface area (Å²) in [6, 6.07) is 7.93. The standard InChI is InChI=1S/C23H18Cl3F4N3O2/c24-16-7-14(8-17(25)19(16)26)22(23(28,29)30)9-18(32-35-22)12-1-3-13(4-2-12)21(27)10-33(11-21)20(34)31-15-5-6-15/h1-4,7-8,15H,5-6,9-11H2,(H,31,34). The maximum atomic E-state index is 15.3. The lowest BCUT2D eigenvalue weighted by molar-refractivity contribution is -0.275. The Morgan fingerprint density at radius 2 is 1.66 bits per heavy atom. The zero-order chi connectivity index (χ0) is 25.2. The van der Waals surface area contributed by atoms with Gasteiger partial charge in [0.25, 0.3) is 5.60 Å². The number of nitrogens with one attached hydrogen (secondary N) is 1.